The Bertz CT molecular complexity index is 739. The van der Waals surface area contributed by atoms with Crippen LogP contribution < -0.4 is 16.4 Å². The van der Waals surface area contributed by atoms with E-state index in [0.29, 0.717) is 18.0 Å². The Labute approximate surface area is 123 Å². The van der Waals surface area contributed by atoms with Gasteiger partial charge in [0.1, 0.15) is 0 Å². The lowest BCUT2D eigenvalue weighted by molar-refractivity contribution is -0.115. The van der Waals surface area contributed by atoms with Crippen LogP contribution in [0.25, 0.3) is 0 Å². The Kier molecular flexibility index (Phi) is 2.64. The van der Waals surface area contributed by atoms with Crippen molar-refractivity contribution in [1.29, 1.82) is 0 Å². The number of nitrogens with two attached hydrogens (primary N) is 1. The van der Waals surface area contributed by atoms with Crippen LogP contribution in [-0.2, 0) is 17.6 Å². The van der Waals surface area contributed by atoms with Gasteiger partial charge in [0.15, 0.2) is 0 Å². The van der Waals surface area contributed by atoms with Crippen molar-refractivity contribution in [2.45, 2.75) is 18.8 Å². The van der Waals surface area contributed by atoms with Gasteiger partial charge in [0.05, 0.1) is 17.8 Å². The maximum Gasteiger partial charge on any atom is 0.228 e. The second-order valence-corrected chi connectivity index (χ2v) is 5.80. The Morgan fingerprint density at radius 1 is 1.24 bits per heavy atom. The van der Waals surface area contributed by atoms with Gasteiger partial charge < -0.3 is 16.4 Å². The first-order chi connectivity index (χ1) is 10.2. The first kappa shape index (κ1) is 12.3. The molecule has 1 heterocycles. The molecule has 21 heavy (non-hydrogen) atoms. The van der Waals surface area contributed by atoms with Crippen LogP contribution in [0, 0.1) is 0 Å². The summed E-state index contributed by atoms with van der Waals surface area (Å²) < 4.78 is 0. The maximum atomic E-state index is 11.4. The van der Waals surface area contributed by atoms with E-state index in [2.05, 4.69) is 34.9 Å². The highest BCUT2D eigenvalue weighted by atomic mass is 16.1. The smallest absolute Gasteiger partial charge is 0.228 e. The van der Waals surface area contributed by atoms with Crippen molar-refractivity contribution in [3.63, 3.8) is 0 Å². The lowest BCUT2D eigenvalue weighted by Gasteiger charge is -2.30. The zero-order valence-electron chi connectivity index (χ0n) is 11.6. The normalized spacial score (nSPS) is 18.5. The van der Waals surface area contributed by atoms with Crippen LogP contribution in [0.15, 0.2) is 36.4 Å². The molecule has 0 saturated heterocycles. The van der Waals surface area contributed by atoms with Gasteiger partial charge in [-0.15, -0.1) is 0 Å². The molecular formula is C17H17N3O. The summed E-state index contributed by atoms with van der Waals surface area (Å²) in [5, 5.41) is 6.29. The molecule has 0 saturated carbocycles. The molecule has 1 aliphatic heterocycles. The zero-order chi connectivity index (χ0) is 14.4. The molecule has 2 aromatic rings. The molecule has 0 aromatic heterocycles. The number of nitrogens with one attached hydrogen (secondary N) is 2. The summed E-state index contributed by atoms with van der Waals surface area (Å²) in [7, 11) is 0. The van der Waals surface area contributed by atoms with Crippen molar-refractivity contribution in [1.82, 2.24) is 0 Å². The van der Waals surface area contributed by atoms with Gasteiger partial charge in [0.2, 0.25) is 5.91 Å². The molecule has 1 unspecified atom stereocenters. The maximum absolute atomic E-state index is 11.4. The molecule has 106 valence electrons. The third kappa shape index (κ3) is 2.03. The molecule has 4 N–H and O–H groups in total. The van der Waals surface area contributed by atoms with Crippen molar-refractivity contribution in [2.24, 2.45) is 0 Å². The van der Waals surface area contributed by atoms with E-state index in [4.69, 9.17) is 5.73 Å². The van der Waals surface area contributed by atoms with Gasteiger partial charge in [0.25, 0.3) is 0 Å². The predicted molar refractivity (Wildman–Crippen MR) is 84.6 cm³/mol. The summed E-state index contributed by atoms with van der Waals surface area (Å²) in [5.74, 6) is 0.581. The van der Waals surface area contributed by atoms with E-state index in [1.807, 2.05) is 12.1 Å². The van der Waals surface area contributed by atoms with Crippen LogP contribution in [-0.4, -0.2) is 12.5 Å². The van der Waals surface area contributed by atoms with E-state index in [0.717, 1.165) is 29.9 Å². The average Bonchev–Trinajstić information content (AvgIpc) is 2.79. The number of anilines is 3. The number of carbonyl (C=O) groups is 1. The topological polar surface area (TPSA) is 67.2 Å². The zero-order valence-corrected chi connectivity index (χ0v) is 11.6. The van der Waals surface area contributed by atoms with E-state index in [1.165, 1.54) is 11.1 Å². The number of fused-ring (bicyclic) bond motifs is 2. The number of nitrogen functional groups attached to an aromatic ring is 1. The highest BCUT2D eigenvalue weighted by molar-refractivity contribution is 6.00. The summed E-state index contributed by atoms with van der Waals surface area (Å²) in [5.41, 5.74) is 12.4. The van der Waals surface area contributed by atoms with E-state index < -0.39 is 0 Å². The van der Waals surface area contributed by atoms with Crippen LogP contribution in [0.1, 0.15) is 22.6 Å². The summed E-state index contributed by atoms with van der Waals surface area (Å²) in [6, 6.07) is 12.4. The fourth-order valence-electron chi connectivity index (χ4n) is 3.22. The average molecular weight is 279 g/mol. The molecule has 2 aromatic carbocycles. The summed E-state index contributed by atoms with van der Waals surface area (Å²) in [4.78, 5) is 11.4. The minimum Gasteiger partial charge on any atom is -0.397 e. The number of hydrogen-bond acceptors (Lipinski definition) is 3. The van der Waals surface area contributed by atoms with Gasteiger partial charge in [0, 0.05) is 18.2 Å². The van der Waals surface area contributed by atoms with Crippen LogP contribution >= 0.6 is 0 Å². The van der Waals surface area contributed by atoms with E-state index in [1.54, 1.807) is 0 Å². The van der Waals surface area contributed by atoms with E-state index in [-0.39, 0.29) is 5.91 Å². The number of amides is 1. The van der Waals surface area contributed by atoms with Crippen LogP contribution in [0.2, 0.25) is 0 Å². The minimum absolute atomic E-state index is 0.0365. The van der Waals surface area contributed by atoms with Crippen LogP contribution in [0.3, 0.4) is 0 Å². The lowest BCUT2D eigenvalue weighted by Crippen LogP contribution is -2.24. The molecule has 4 heteroatoms. The van der Waals surface area contributed by atoms with Crippen molar-refractivity contribution >= 4 is 23.0 Å². The Morgan fingerprint density at radius 3 is 2.95 bits per heavy atom. The minimum atomic E-state index is 0.0365. The van der Waals surface area contributed by atoms with Gasteiger partial charge in [-0.3, -0.25) is 4.79 Å². The van der Waals surface area contributed by atoms with Gasteiger partial charge in [-0.2, -0.15) is 0 Å². The van der Waals surface area contributed by atoms with Gasteiger partial charge in [-0.1, -0.05) is 24.3 Å². The molecule has 0 bridgehead atoms. The third-order valence-electron chi connectivity index (χ3n) is 4.40. The highest BCUT2D eigenvalue weighted by Crippen LogP contribution is 2.36. The number of benzene rings is 2. The number of rotatable bonds is 3. The van der Waals surface area contributed by atoms with Crippen LogP contribution in [0.4, 0.5) is 17.1 Å². The standard InChI is InChI=1S/C17H17N3O/c18-14-6-11-7-17(21)20-15(11)8-16(14)19-9-12-5-10-3-1-2-4-13(10)12/h1-4,6,8,12,19H,5,7,9,18H2,(H,20,21). The van der Waals surface area contributed by atoms with Gasteiger partial charge in [-0.05, 0) is 35.2 Å². The summed E-state index contributed by atoms with van der Waals surface area (Å²) >= 11 is 0. The lowest BCUT2D eigenvalue weighted by atomic mass is 9.77. The summed E-state index contributed by atoms with van der Waals surface area (Å²) in [6.07, 6.45) is 1.54. The van der Waals surface area contributed by atoms with Gasteiger partial charge in [-0.25, -0.2) is 0 Å². The second-order valence-electron chi connectivity index (χ2n) is 5.80. The Morgan fingerprint density at radius 2 is 2.10 bits per heavy atom. The Balaban J connectivity index is 1.49. The number of hydrogen-bond donors (Lipinski definition) is 3. The van der Waals surface area contributed by atoms with Crippen molar-refractivity contribution in [2.75, 3.05) is 22.9 Å². The molecule has 4 rings (SSSR count). The van der Waals surface area contributed by atoms with E-state index >= 15 is 0 Å². The SMILES string of the molecule is Nc1cc2c(cc1NCC1Cc3ccccc31)NC(=O)C2. The van der Waals surface area contributed by atoms with Crippen molar-refractivity contribution < 1.29 is 4.79 Å². The molecule has 0 fully saturated rings. The number of carbonyl (C=O) groups excluding carboxylic acids is 1. The van der Waals surface area contributed by atoms with Gasteiger partial charge >= 0.3 is 0 Å². The first-order valence-electron chi connectivity index (χ1n) is 7.24. The fourth-order valence-corrected chi connectivity index (χ4v) is 3.22. The van der Waals surface area contributed by atoms with E-state index in [9.17, 15) is 4.79 Å². The molecule has 0 spiro atoms. The van der Waals surface area contributed by atoms with Crippen molar-refractivity contribution in [3.8, 4) is 0 Å². The molecule has 1 atom stereocenters. The summed E-state index contributed by atoms with van der Waals surface area (Å²) in [6.45, 7) is 0.869. The largest absolute Gasteiger partial charge is 0.397 e. The molecule has 4 nitrogen and oxygen atoms in total. The second kappa shape index (κ2) is 4.52. The molecular weight excluding hydrogens is 262 g/mol. The monoisotopic (exact) mass is 279 g/mol. The quantitative estimate of drug-likeness (QED) is 0.756. The third-order valence-corrected chi connectivity index (χ3v) is 4.40. The molecule has 1 amide bonds. The first-order valence-corrected chi connectivity index (χ1v) is 7.24. The molecule has 2 aliphatic rings. The van der Waals surface area contributed by atoms with Crippen LogP contribution in [0.5, 0.6) is 0 Å². The predicted octanol–water partition coefficient (Wildman–Crippen LogP) is 2.52. The Hall–Kier alpha value is -2.49. The highest BCUT2D eigenvalue weighted by Gasteiger charge is 2.25. The molecule has 0 radical (unpaired) electrons. The fraction of sp³-hybridized carbons (Fsp3) is 0.235. The molecule has 1 aliphatic carbocycles. The van der Waals surface area contributed by atoms with Crippen molar-refractivity contribution in [3.05, 3.63) is 53.1 Å².